The third kappa shape index (κ3) is 2.90. The van der Waals surface area contributed by atoms with Gasteiger partial charge in [-0.2, -0.15) is 5.10 Å². The number of nitrogens with zero attached hydrogens (tertiary/aromatic N) is 2. The van der Waals surface area contributed by atoms with Crippen molar-refractivity contribution < 1.29 is 9.53 Å². The Hall–Kier alpha value is -2.14. The normalized spacial score (nSPS) is 17.6. The van der Waals surface area contributed by atoms with E-state index in [1.807, 2.05) is 42.2 Å². The molecule has 1 aliphatic rings. The first-order chi connectivity index (χ1) is 10.7. The van der Waals surface area contributed by atoms with Gasteiger partial charge in [-0.05, 0) is 30.5 Å². The molecule has 1 saturated heterocycles. The fourth-order valence-corrected chi connectivity index (χ4v) is 2.87. The fraction of sp³-hybridized carbons (Fsp3) is 0.412. The third-order valence-electron chi connectivity index (χ3n) is 4.10. The fourth-order valence-electron chi connectivity index (χ4n) is 2.87. The van der Waals surface area contributed by atoms with Crippen molar-refractivity contribution >= 4 is 5.91 Å². The van der Waals surface area contributed by atoms with Crippen molar-refractivity contribution in [2.24, 2.45) is 7.05 Å². The van der Waals surface area contributed by atoms with Gasteiger partial charge >= 0.3 is 0 Å². The topological polar surface area (TPSA) is 56.1 Å². The van der Waals surface area contributed by atoms with Gasteiger partial charge in [0.25, 0.3) is 5.91 Å². The van der Waals surface area contributed by atoms with Gasteiger partial charge in [0.15, 0.2) is 0 Å². The number of rotatable bonds is 4. The van der Waals surface area contributed by atoms with E-state index < -0.39 is 0 Å². The van der Waals surface area contributed by atoms with Crippen LogP contribution in [0.3, 0.4) is 0 Å². The lowest BCUT2D eigenvalue weighted by atomic mass is 10.0. The maximum Gasteiger partial charge on any atom is 0.251 e. The minimum Gasteiger partial charge on any atom is -0.379 e. The summed E-state index contributed by atoms with van der Waals surface area (Å²) in [5.41, 5.74) is 3.96. The summed E-state index contributed by atoms with van der Waals surface area (Å²) in [5.74, 6) is -0.0423. The predicted octanol–water partition coefficient (Wildman–Crippen LogP) is 2.17. The first-order valence-corrected chi connectivity index (χ1v) is 7.69. The number of benzene rings is 1. The lowest BCUT2D eigenvalue weighted by Crippen LogP contribution is -2.34. The summed E-state index contributed by atoms with van der Waals surface area (Å²) in [6, 6.07) is 7.84. The molecule has 0 saturated carbocycles. The number of carbonyl (C=O) groups excluding carboxylic acids is 1. The first kappa shape index (κ1) is 14.8. The van der Waals surface area contributed by atoms with E-state index in [4.69, 9.17) is 4.74 Å². The van der Waals surface area contributed by atoms with Crippen molar-refractivity contribution in [3.05, 3.63) is 41.7 Å². The summed E-state index contributed by atoms with van der Waals surface area (Å²) < 4.78 is 7.18. The molecule has 0 unspecified atom stereocenters. The number of aromatic nitrogens is 2. The Morgan fingerprint density at radius 1 is 1.50 bits per heavy atom. The largest absolute Gasteiger partial charge is 0.379 e. The van der Waals surface area contributed by atoms with Crippen LogP contribution in [-0.2, 0) is 18.2 Å². The molecule has 1 fully saturated rings. The molecule has 1 aromatic heterocycles. The molecule has 116 valence electrons. The van der Waals surface area contributed by atoms with E-state index in [9.17, 15) is 4.79 Å². The zero-order chi connectivity index (χ0) is 15.5. The van der Waals surface area contributed by atoms with Gasteiger partial charge in [-0.1, -0.05) is 19.1 Å². The molecule has 0 bridgehead atoms. The molecular formula is C17H21N3O2. The summed E-state index contributed by atoms with van der Waals surface area (Å²) >= 11 is 0. The van der Waals surface area contributed by atoms with Crippen molar-refractivity contribution in [2.75, 3.05) is 13.2 Å². The molecule has 22 heavy (non-hydrogen) atoms. The second kappa shape index (κ2) is 6.32. The summed E-state index contributed by atoms with van der Waals surface area (Å²) in [6.07, 6.45) is 3.65. The highest BCUT2D eigenvalue weighted by molar-refractivity contribution is 5.95. The van der Waals surface area contributed by atoms with Gasteiger partial charge in [-0.15, -0.1) is 0 Å². The van der Waals surface area contributed by atoms with E-state index in [0.29, 0.717) is 12.2 Å². The van der Waals surface area contributed by atoms with Gasteiger partial charge in [-0.3, -0.25) is 9.48 Å². The predicted molar refractivity (Wildman–Crippen MR) is 84.7 cm³/mol. The minimum atomic E-state index is -0.0423. The van der Waals surface area contributed by atoms with Crippen LogP contribution in [0.4, 0.5) is 0 Å². The number of nitrogens with one attached hydrogen (secondary N) is 1. The molecule has 0 aliphatic carbocycles. The van der Waals surface area contributed by atoms with E-state index in [0.717, 1.165) is 30.6 Å². The summed E-state index contributed by atoms with van der Waals surface area (Å²) in [6.45, 7) is 3.44. The molecule has 1 aromatic carbocycles. The van der Waals surface area contributed by atoms with E-state index in [2.05, 4.69) is 17.3 Å². The van der Waals surface area contributed by atoms with Crippen molar-refractivity contribution in [1.82, 2.24) is 15.1 Å². The number of amides is 1. The van der Waals surface area contributed by atoms with Crippen LogP contribution in [0.5, 0.6) is 0 Å². The molecule has 2 aromatic rings. The molecule has 5 nitrogen and oxygen atoms in total. The van der Waals surface area contributed by atoms with Crippen molar-refractivity contribution in [1.29, 1.82) is 0 Å². The van der Waals surface area contributed by atoms with Crippen molar-refractivity contribution in [3.63, 3.8) is 0 Å². The van der Waals surface area contributed by atoms with Gasteiger partial charge < -0.3 is 10.1 Å². The minimum absolute atomic E-state index is 0.0423. The van der Waals surface area contributed by atoms with E-state index in [1.54, 1.807) is 0 Å². The highest BCUT2D eigenvalue weighted by Gasteiger charge is 2.19. The monoisotopic (exact) mass is 299 g/mol. The quantitative estimate of drug-likeness (QED) is 0.941. The zero-order valence-corrected chi connectivity index (χ0v) is 13.0. The van der Waals surface area contributed by atoms with Crippen LogP contribution in [0, 0.1) is 0 Å². The Morgan fingerprint density at radius 2 is 2.36 bits per heavy atom. The standard InChI is InChI=1S/C17H21N3O2/c1-3-16-15(10-18-20(16)2)12-5-4-6-13(9-12)17(21)19-14-7-8-22-11-14/h4-6,9-10,14H,3,7-8,11H2,1-2H3,(H,19,21)/t14-/m1/s1. The number of hydrogen-bond acceptors (Lipinski definition) is 3. The molecular weight excluding hydrogens is 278 g/mol. The SMILES string of the molecule is CCc1c(-c2cccc(C(=O)N[C@@H]3CCOC3)c2)cnn1C. The van der Waals surface area contributed by atoms with Gasteiger partial charge in [0.1, 0.15) is 0 Å². The lowest BCUT2D eigenvalue weighted by Gasteiger charge is -2.11. The van der Waals surface area contributed by atoms with Crippen LogP contribution < -0.4 is 5.32 Å². The number of aryl methyl sites for hydroxylation is 1. The van der Waals surface area contributed by atoms with Crippen LogP contribution in [0.15, 0.2) is 30.5 Å². The smallest absolute Gasteiger partial charge is 0.251 e. The van der Waals surface area contributed by atoms with Gasteiger partial charge in [0.05, 0.1) is 18.8 Å². The highest BCUT2D eigenvalue weighted by Crippen LogP contribution is 2.24. The maximum atomic E-state index is 12.4. The average Bonchev–Trinajstić information content (AvgIpc) is 3.16. The Labute approximate surface area is 130 Å². The molecule has 2 heterocycles. The van der Waals surface area contributed by atoms with Gasteiger partial charge in [0, 0.05) is 30.5 Å². The molecule has 5 heteroatoms. The number of carbonyl (C=O) groups is 1. The number of ether oxygens (including phenoxy) is 1. The Morgan fingerprint density at radius 3 is 3.09 bits per heavy atom. The van der Waals surface area contributed by atoms with Gasteiger partial charge in [-0.25, -0.2) is 0 Å². The molecule has 1 N–H and O–H groups in total. The van der Waals surface area contributed by atoms with E-state index in [1.165, 1.54) is 5.69 Å². The van der Waals surface area contributed by atoms with Crippen LogP contribution in [0.1, 0.15) is 29.4 Å². The second-order valence-electron chi connectivity index (χ2n) is 5.60. The van der Waals surface area contributed by atoms with Crippen LogP contribution in [-0.4, -0.2) is 34.9 Å². The average molecular weight is 299 g/mol. The zero-order valence-electron chi connectivity index (χ0n) is 13.0. The highest BCUT2D eigenvalue weighted by atomic mass is 16.5. The molecule has 3 rings (SSSR count). The summed E-state index contributed by atoms with van der Waals surface area (Å²) in [5, 5.41) is 7.34. The van der Waals surface area contributed by atoms with Gasteiger partial charge in [0.2, 0.25) is 0 Å². The van der Waals surface area contributed by atoms with Crippen molar-refractivity contribution in [3.8, 4) is 11.1 Å². The Balaban J connectivity index is 1.84. The van der Waals surface area contributed by atoms with Crippen LogP contribution in [0.25, 0.3) is 11.1 Å². The third-order valence-corrected chi connectivity index (χ3v) is 4.10. The van der Waals surface area contributed by atoms with Crippen LogP contribution >= 0.6 is 0 Å². The molecule has 1 atom stereocenters. The van der Waals surface area contributed by atoms with E-state index >= 15 is 0 Å². The van der Waals surface area contributed by atoms with Crippen LogP contribution in [0.2, 0.25) is 0 Å². The first-order valence-electron chi connectivity index (χ1n) is 7.69. The van der Waals surface area contributed by atoms with E-state index in [-0.39, 0.29) is 11.9 Å². The lowest BCUT2D eigenvalue weighted by molar-refractivity contribution is 0.0930. The Kier molecular flexibility index (Phi) is 4.24. The molecule has 0 radical (unpaired) electrons. The number of hydrogen-bond donors (Lipinski definition) is 1. The molecule has 1 amide bonds. The Bertz CT molecular complexity index is 672. The summed E-state index contributed by atoms with van der Waals surface area (Å²) in [7, 11) is 1.94. The second-order valence-corrected chi connectivity index (χ2v) is 5.60. The summed E-state index contributed by atoms with van der Waals surface area (Å²) in [4.78, 5) is 12.4. The van der Waals surface area contributed by atoms with Crippen molar-refractivity contribution in [2.45, 2.75) is 25.8 Å². The molecule has 1 aliphatic heterocycles. The maximum absolute atomic E-state index is 12.4. The molecule has 0 spiro atoms.